The average Bonchev–Trinajstić information content (AvgIpc) is 2.09. The van der Waals surface area contributed by atoms with Crippen molar-refractivity contribution in [3.05, 3.63) is 5.01 Å². The summed E-state index contributed by atoms with van der Waals surface area (Å²) in [5, 5.41) is 13.5. The summed E-state index contributed by atoms with van der Waals surface area (Å²) in [6.45, 7) is 1.61. The van der Waals surface area contributed by atoms with Crippen LogP contribution in [0.3, 0.4) is 0 Å². The molecule has 6 heteroatoms. The van der Waals surface area contributed by atoms with Crippen molar-refractivity contribution in [3.8, 4) is 0 Å². The lowest BCUT2D eigenvalue weighted by Gasteiger charge is -1.86. The molecule has 0 bridgehead atoms. The van der Waals surface area contributed by atoms with Gasteiger partial charge in [0.25, 0.3) is 0 Å². The highest BCUT2D eigenvalue weighted by molar-refractivity contribution is 7.14. The predicted molar refractivity (Wildman–Crippen MR) is 39.1 cm³/mol. The molecule has 0 unspecified atom stereocenters. The molecular formula is C5H8N3O2S+. The lowest BCUT2D eigenvalue weighted by Crippen LogP contribution is -2.41. The summed E-state index contributed by atoms with van der Waals surface area (Å²) in [7, 11) is 0. The van der Waals surface area contributed by atoms with Gasteiger partial charge in [-0.05, 0) is 18.3 Å². The Morgan fingerprint density at radius 2 is 2.55 bits per heavy atom. The largest absolute Gasteiger partial charge is 0.478 e. The van der Waals surface area contributed by atoms with E-state index in [9.17, 15) is 4.79 Å². The first kappa shape index (κ1) is 7.93. The molecule has 1 aromatic rings. The monoisotopic (exact) mass is 174 g/mol. The highest BCUT2D eigenvalue weighted by Gasteiger charge is 2.13. The quantitative estimate of drug-likeness (QED) is 0.587. The van der Waals surface area contributed by atoms with Gasteiger partial charge in [0, 0.05) is 0 Å². The van der Waals surface area contributed by atoms with Gasteiger partial charge in [0.2, 0.25) is 6.54 Å². The van der Waals surface area contributed by atoms with E-state index in [2.05, 4.69) is 5.10 Å². The molecule has 0 atom stereocenters. The molecule has 0 amide bonds. The van der Waals surface area contributed by atoms with Crippen LogP contribution in [0.4, 0.5) is 5.13 Å². The molecule has 1 heterocycles. The number of aromatic nitrogens is 2. The second-order valence-electron chi connectivity index (χ2n) is 2.01. The predicted octanol–water partition coefficient (Wildman–Crippen LogP) is -0.594. The normalized spacial score (nSPS) is 9.91. The fraction of sp³-hybridized carbons (Fsp3) is 0.400. The van der Waals surface area contributed by atoms with Crippen LogP contribution < -0.4 is 10.4 Å². The summed E-state index contributed by atoms with van der Waals surface area (Å²) in [5.74, 6) is -0.938. The average molecular weight is 174 g/mol. The third-order valence-corrected chi connectivity index (χ3v) is 1.85. The van der Waals surface area contributed by atoms with Gasteiger partial charge in [0.05, 0.1) is 0 Å². The summed E-state index contributed by atoms with van der Waals surface area (Å²) in [4.78, 5) is 10.2. The fourth-order valence-corrected chi connectivity index (χ4v) is 1.34. The van der Waals surface area contributed by atoms with Crippen LogP contribution in [-0.2, 0) is 11.3 Å². The van der Waals surface area contributed by atoms with Gasteiger partial charge < -0.3 is 5.11 Å². The molecule has 60 valence electrons. The van der Waals surface area contributed by atoms with E-state index in [1.807, 2.05) is 0 Å². The number of carbonyl (C=O) groups is 1. The smallest absolute Gasteiger partial charge is 0.354 e. The molecule has 0 aliphatic rings. The van der Waals surface area contributed by atoms with Gasteiger partial charge in [0.1, 0.15) is 5.01 Å². The van der Waals surface area contributed by atoms with Crippen molar-refractivity contribution in [2.75, 3.05) is 5.73 Å². The van der Waals surface area contributed by atoms with Crippen LogP contribution >= 0.6 is 11.3 Å². The minimum atomic E-state index is -0.938. The third-order valence-electron chi connectivity index (χ3n) is 1.05. The second-order valence-corrected chi connectivity index (χ2v) is 3.22. The second kappa shape index (κ2) is 2.83. The van der Waals surface area contributed by atoms with E-state index in [0.717, 1.165) is 5.01 Å². The van der Waals surface area contributed by atoms with Gasteiger partial charge in [0.15, 0.2) is 0 Å². The molecule has 1 aromatic heterocycles. The SMILES string of the molecule is Cc1n[n+](CC(=O)O)c(N)s1. The first-order valence-corrected chi connectivity index (χ1v) is 3.76. The summed E-state index contributed by atoms with van der Waals surface area (Å²) < 4.78 is 1.27. The van der Waals surface area contributed by atoms with Crippen molar-refractivity contribution >= 4 is 22.4 Å². The maximum Gasteiger partial charge on any atom is 0.354 e. The summed E-state index contributed by atoms with van der Waals surface area (Å²) in [6, 6.07) is 0. The molecular weight excluding hydrogens is 166 g/mol. The number of hydrogen-bond donors (Lipinski definition) is 2. The lowest BCUT2D eigenvalue weighted by atomic mass is 10.7. The van der Waals surface area contributed by atoms with Crippen molar-refractivity contribution in [1.82, 2.24) is 5.10 Å². The van der Waals surface area contributed by atoms with Gasteiger partial charge in [-0.1, -0.05) is 5.10 Å². The molecule has 0 aliphatic carbocycles. The minimum Gasteiger partial charge on any atom is -0.478 e. The molecule has 5 nitrogen and oxygen atoms in total. The van der Waals surface area contributed by atoms with Gasteiger partial charge in [-0.2, -0.15) is 0 Å². The Hall–Kier alpha value is -1.17. The van der Waals surface area contributed by atoms with Crippen molar-refractivity contribution in [3.63, 3.8) is 0 Å². The van der Waals surface area contributed by atoms with Crippen LogP contribution in [0.5, 0.6) is 0 Å². The molecule has 0 aliphatic heterocycles. The number of nitrogens with zero attached hydrogens (tertiary/aromatic N) is 2. The third kappa shape index (κ3) is 1.87. The number of anilines is 1. The maximum atomic E-state index is 10.2. The molecule has 1 rings (SSSR count). The maximum absolute atomic E-state index is 10.2. The molecule has 3 N–H and O–H groups in total. The summed E-state index contributed by atoms with van der Waals surface area (Å²) in [5.41, 5.74) is 5.45. The first-order valence-electron chi connectivity index (χ1n) is 2.94. The van der Waals surface area contributed by atoms with Gasteiger partial charge in [-0.25, -0.2) is 4.79 Å². The molecule has 0 aromatic carbocycles. The van der Waals surface area contributed by atoms with Crippen molar-refractivity contribution < 1.29 is 14.6 Å². The van der Waals surface area contributed by atoms with Crippen molar-refractivity contribution in [2.24, 2.45) is 0 Å². The first-order chi connectivity index (χ1) is 5.09. The van der Waals surface area contributed by atoms with Crippen LogP contribution in [0, 0.1) is 6.92 Å². The Labute approximate surface area is 67.1 Å². The number of rotatable bonds is 2. The van der Waals surface area contributed by atoms with Gasteiger partial charge in [-0.3, -0.25) is 5.73 Å². The molecule has 0 fully saturated rings. The summed E-state index contributed by atoms with van der Waals surface area (Å²) in [6.07, 6.45) is 0. The standard InChI is InChI=1S/C5H7N3O2S/c1-3-7-8(2-4(9)10)5(6)11-3/h6H,2H2,1H3,(H,9,10)/p+1. The van der Waals surface area contributed by atoms with E-state index in [1.54, 1.807) is 6.92 Å². The molecule has 0 spiro atoms. The van der Waals surface area contributed by atoms with Crippen LogP contribution in [0.2, 0.25) is 0 Å². The zero-order valence-corrected chi connectivity index (χ0v) is 6.76. The van der Waals surface area contributed by atoms with E-state index < -0.39 is 5.97 Å². The topological polar surface area (TPSA) is 80.1 Å². The Balaban J connectivity index is 2.85. The van der Waals surface area contributed by atoms with E-state index >= 15 is 0 Å². The zero-order chi connectivity index (χ0) is 8.43. The Morgan fingerprint density at radius 1 is 1.91 bits per heavy atom. The number of nitrogen functional groups attached to an aromatic ring is 1. The highest BCUT2D eigenvalue weighted by Crippen LogP contribution is 2.06. The van der Waals surface area contributed by atoms with E-state index in [1.165, 1.54) is 16.0 Å². The number of carboxylic acids is 1. The molecule has 0 saturated carbocycles. The number of nitrogens with two attached hydrogens (primary N) is 1. The molecule has 0 radical (unpaired) electrons. The lowest BCUT2D eigenvalue weighted by molar-refractivity contribution is -0.725. The number of hydrogen-bond acceptors (Lipinski definition) is 4. The Kier molecular flexibility index (Phi) is 2.04. The minimum absolute atomic E-state index is 0.170. The van der Waals surface area contributed by atoms with E-state index in [0.29, 0.717) is 5.13 Å². The molecule has 11 heavy (non-hydrogen) atoms. The Morgan fingerprint density at radius 3 is 2.91 bits per heavy atom. The van der Waals surface area contributed by atoms with Crippen LogP contribution in [-0.4, -0.2) is 16.2 Å². The summed E-state index contributed by atoms with van der Waals surface area (Å²) >= 11 is 1.28. The van der Waals surface area contributed by atoms with Crippen LogP contribution in [0.25, 0.3) is 0 Å². The van der Waals surface area contributed by atoms with Gasteiger partial charge >= 0.3 is 11.1 Å². The Bertz CT molecular complexity index is 283. The van der Waals surface area contributed by atoms with Gasteiger partial charge in [-0.15, -0.1) is 4.68 Å². The molecule has 0 saturated heterocycles. The van der Waals surface area contributed by atoms with E-state index in [4.69, 9.17) is 10.8 Å². The highest BCUT2D eigenvalue weighted by atomic mass is 32.1. The zero-order valence-electron chi connectivity index (χ0n) is 5.94. The van der Waals surface area contributed by atoms with Crippen LogP contribution in [0.1, 0.15) is 5.01 Å². The van der Waals surface area contributed by atoms with Crippen molar-refractivity contribution in [1.29, 1.82) is 0 Å². The number of carboxylic acid groups (broad SMARTS) is 1. The van der Waals surface area contributed by atoms with Crippen LogP contribution in [0.15, 0.2) is 0 Å². The van der Waals surface area contributed by atoms with Crippen molar-refractivity contribution in [2.45, 2.75) is 13.5 Å². The number of aryl methyl sites for hydroxylation is 1. The van der Waals surface area contributed by atoms with E-state index in [-0.39, 0.29) is 6.54 Å². The fourth-order valence-electron chi connectivity index (χ4n) is 0.685. The number of aliphatic carboxylic acids is 1.